The van der Waals surface area contributed by atoms with E-state index in [0.717, 1.165) is 0 Å². The fourth-order valence-corrected chi connectivity index (χ4v) is 1.87. The molecule has 10 heteroatoms. The van der Waals surface area contributed by atoms with Gasteiger partial charge < -0.3 is 15.0 Å². The van der Waals surface area contributed by atoms with Gasteiger partial charge in [0.15, 0.2) is 12.4 Å². The van der Waals surface area contributed by atoms with Crippen molar-refractivity contribution in [1.82, 2.24) is 29.9 Å². The Morgan fingerprint density at radius 1 is 1.24 bits per heavy atom. The average Bonchev–Trinajstić information content (AvgIpc) is 3.15. The van der Waals surface area contributed by atoms with E-state index in [-0.39, 0.29) is 18.4 Å². The highest BCUT2D eigenvalue weighted by Crippen LogP contribution is 2.09. The van der Waals surface area contributed by atoms with Gasteiger partial charge >= 0.3 is 0 Å². The minimum absolute atomic E-state index is 0.203. The third kappa shape index (κ3) is 4.25. The van der Waals surface area contributed by atoms with Gasteiger partial charge in [0.05, 0.1) is 18.1 Å². The molecule has 1 N–H and O–H groups in total. The van der Waals surface area contributed by atoms with Crippen molar-refractivity contribution in [1.29, 1.82) is 0 Å². The number of anilines is 2. The third-order valence-electron chi connectivity index (χ3n) is 3.04. The molecule has 0 unspecified atom stereocenters. The van der Waals surface area contributed by atoms with Crippen LogP contribution in [0.2, 0.25) is 0 Å². The summed E-state index contributed by atoms with van der Waals surface area (Å²) in [5, 5.41) is 14.6. The largest absolute Gasteiger partial charge is 0.466 e. The van der Waals surface area contributed by atoms with Crippen molar-refractivity contribution in [3.63, 3.8) is 0 Å². The zero-order valence-corrected chi connectivity index (χ0v) is 13.7. The first-order chi connectivity index (χ1) is 12.1. The third-order valence-corrected chi connectivity index (χ3v) is 3.04. The highest BCUT2D eigenvalue weighted by atomic mass is 16.5. The summed E-state index contributed by atoms with van der Waals surface area (Å²) < 4.78 is 6.88. The predicted molar refractivity (Wildman–Crippen MR) is 89.6 cm³/mol. The van der Waals surface area contributed by atoms with Crippen LogP contribution in [0.15, 0.2) is 43.0 Å². The van der Waals surface area contributed by atoms with Crippen molar-refractivity contribution in [3.05, 3.63) is 43.0 Å². The molecule has 0 fully saturated rings. The number of hydrogen-bond donors (Lipinski definition) is 1. The van der Waals surface area contributed by atoms with E-state index < -0.39 is 0 Å². The molecule has 0 saturated carbocycles. The van der Waals surface area contributed by atoms with Crippen molar-refractivity contribution in [3.8, 4) is 11.7 Å². The summed E-state index contributed by atoms with van der Waals surface area (Å²) in [4.78, 5) is 21.9. The first kappa shape index (κ1) is 16.3. The Balaban J connectivity index is 1.52. The summed E-state index contributed by atoms with van der Waals surface area (Å²) in [5.41, 5.74) is 0.485. The first-order valence-corrected chi connectivity index (χ1v) is 7.37. The van der Waals surface area contributed by atoms with Crippen LogP contribution in [-0.4, -0.2) is 56.6 Å². The highest BCUT2D eigenvalue weighted by Gasteiger charge is 2.07. The van der Waals surface area contributed by atoms with Crippen LogP contribution in [0.3, 0.4) is 0 Å². The Labute approximate surface area is 143 Å². The summed E-state index contributed by atoms with van der Waals surface area (Å²) in [5.74, 6) is 1.01. The summed E-state index contributed by atoms with van der Waals surface area (Å²) in [6.45, 7) is -0.203. The maximum atomic E-state index is 11.9. The van der Waals surface area contributed by atoms with E-state index in [1.165, 1.54) is 12.4 Å². The molecule has 3 aromatic heterocycles. The molecule has 0 bridgehead atoms. The number of nitrogens with one attached hydrogen (secondary N) is 1. The zero-order chi connectivity index (χ0) is 17.6. The van der Waals surface area contributed by atoms with E-state index in [0.29, 0.717) is 17.5 Å². The van der Waals surface area contributed by atoms with Crippen LogP contribution >= 0.6 is 0 Å². The van der Waals surface area contributed by atoms with Gasteiger partial charge in [-0.2, -0.15) is 5.10 Å². The number of rotatable bonds is 6. The van der Waals surface area contributed by atoms with Gasteiger partial charge in [-0.15, -0.1) is 10.2 Å². The lowest BCUT2D eigenvalue weighted by Crippen LogP contribution is -2.21. The molecule has 0 aliphatic heterocycles. The minimum atomic E-state index is -0.348. The summed E-state index contributed by atoms with van der Waals surface area (Å²) in [6, 6.07) is 5.10. The smallest absolute Gasteiger partial charge is 0.262 e. The summed E-state index contributed by atoms with van der Waals surface area (Å²) in [7, 11) is 3.67. The van der Waals surface area contributed by atoms with E-state index >= 15 is 0 Å². The van der Waals surface area contributed by atoms with E-state index in [1.54, 1.807) is 40.2 Å². The Kier molecular flexibility index (Phi) is 4.79. The Morgan fingerprint density at radius 2 is 2.04 bits per heavy atom. The molecule has 0 spiro atoms. The molecule has 128 valence electrons. The lowest BCUT2D eigenvalue weighted by Gasteiger charge is -2.10. The van der Waals surface area contributed by atoms with Crippen molar-refractivity contribution in [2.45, 2.75) is 0 Å². The fourth-order valence-electron chi connectivity index (χ4n) is 1.87. The molecule has 0 saturated heterocycles. The highest BCUT2D eigenvalue weighted by molar-refractivity contribution is 5.91. The van der Waals surface area contributed by atoms with Gasteiger partial charge in [0.2, 0.25) is 11.8 Å². The Bertz CT molecular complexity index is 816. The molecule has 0 radical (unpaired) electrons. The molecule has 1 amide bonds. The van der Waals surface area contributed by atoms with Gasteiger partial charge in [0.1, 0.15) is 0 Å². The topological polar surface area (TPSA) is 111 Å². The van der Waals surface area contributed by atoms with Crippen LogP contribution < -0.4 is 15.0 Å². The van der Waals surface area contributed by atoms with E-state index in [1.807, 2.05) is 14.1 Å². The second-order valence-electron chi connectivity index (χ2n) is 5.18. The van der Waals surface area contributed by atoms with Crippen molar-refractivity contribution in [2.24, 2.45) is 0 Å². The van der Waals surface area contributed by atoms with Crippen LogP contribution in [0.5, 0.6) is 5.88 Å². The Morgan fingerprint density at radius 3 is 2.64 bits per heavy atom. The molecule has 3 heterocycles. The quantitative estimate of drug-likeness (QED) is 0.692. The van der Waals surface area contributed by atoms with Crippen molar-refractivity contribution in [2.75, 3.05) is 30.9 Å². The number of aromatic nitrogens is 6. The number of hydrogen-bond acceptors (Lipinski definition) is 8. The Hall–Kier alpha value is -3.56. The number of ether oxygens (including phenoxy) is 1. The molecule has 3 rings (SSSR count). The van der Waals surface area contributed by atoms with E-state index in [4.69, 9.17) is 4.74 Å². The number of carbonyl (C=O) groups excluding carboxylic acids is 1. The van der Waals surface area contributed by atoms with Crippen LogP contribution in [0, 0.1) is 0 Å². The molecule has 10 nitrogen and oxygen atoms in total. The molecular weight excluding hydrogens is 324 g/mol. The maximum absolute atomic E-state index is 11.9. The number of carbonyl (C=O) groups is 1. The molecular formula is C15H16N8O2. The zero-order valence-electron chi connectivity index (χ0n) is 13.7. The molecule has 0 aliphatic carbocycles. The van der Waals surface area contributed by atoms with Gasteiger partial charge in [0, 0.05) is 32.6 Å². The predicted octanol–water partition coefficient (Wildman–Crippen LogP) is 0.536. The fraction of sp³-hybridized carbons (Fsp3) is 0.200. The van der Waals surface area contributed by atoms with Crippen LogP contribution in [0.1, 0.15) is 0 Å². The van der Waals surface area contributed by atoms with Crippen molar-refractivity contribution < 1.29 is 9.53 Å². The van der Waals surface area contributed by atoms with Gasteiger partial charge in [-0.1, -0.05) is 0 Å². The second-order valence-corrected chi connectivity index (χ2v) is 5.18. The van der Waals surface area contributed by atoms with Gasteiger partial charge in [0.25, 0.3) is 5.91 Å². The van der Waals surface area contributed by atoms with Crippen LogP contribution in [0.25, 0.3) is 5.82 Å². The SMILES string of the molecule is CN(C)c1ncc(NC(=O)COc2ccc(-n3cccn3)nn2)cn1. The minimum Gasteiger partial charge on any atom is -0.466 e. The second kappa shape index (κ2) is 7.34. The molecule has 0 aliphatic rings. The van der Waals surface area contributed by atoms with Crippen molar-refractivity contribution >= 4 is 17.5 Å². The monoisotopic (exact) mass is 340 g/mol. The summed E-state index contributed by atoms with van der Waals surface area (Å²) in [6.07, 6.45) is 6.45. The van der Waals surface area contributed by atoms with Gasteiger partial charge in [-0.25, -0.2) is 14.6 Å². The lowest BCUT2D eigenvalue weighted by molar-refractivity contribution is -0.118. The van der Waals surface area contributed by atoms with E-state index in [9.17, 15) is 4.79 Å². The molecule has 3 aromatic rings. The van der Waals surface area contributed by atoms with E-state index in [2.05, 4.69) is 30.6 Å². The average molecular weight is 340 g/mol. The van der Waals surface area contributed by atoms with Crippen LogP contribution in [-0.2, 0) is 4.79 Å². The number of amides is 1. The van der Waals surface area contributed by atoms with Gasteiger partial charge in [-0.3, -0.25) is 4.79 Å². The first-order valence-electron chi connectivity index (χ1n) is 7.37. The lowest BCUT2D eigenvalue weighted by atomic mass is 10.5. The summed E-state index contributed by atoms with van der Waals surface area (Å²) >= 11 is 0. The molecule has 0 aromatic carbocycles. The normalized spacial score (nSPS) is 10.3. The molecule has 0 atom stereocenters. The van der Waals surface area contributed by atoms with Gasteiger partial charge in [-0.05, 0) is 12.1 Å². The van der Waals surface area contributed by atoms with Crippen LogP contribution in [0.4, 0.5) is 11.6 Å². The molecule has 25 heavy (non-hydrogen) atoms. The standard InChI is InChI=1S/C15H16N8O2/c1-22(2)15-16-8-11(9-17-15)19-13(24)10-25-14-5-4-12(20-21-14)23-7-3-6-18-23/h3-9H,10H2,1-2H3,(H,19,24). The maximum Gasteiger partial charge on any atom is 0.262 e. The number of nitrogens with zero attached hydrogens (tertiary/aromatic N) is 7.